The van der Waals surface area contributed by atoms with Gasteiger partial charge in [0.25, 0.3) is 5.91 Å². The number of nitrogens with zero attached hydrogens (tertiary/aromatic N) is 1. The minimum Gasteiger partial charge on any atom is -0.356 e. The molecule has 1 aromatic carbocycles. The number of nitrogens with one attached hydrogen (secondary N) is 2. The van der Waals surface area contributed by atoms with E-state index in [0.29, 0.717) is 17.8 Å². The molecule has 5 heteroatoms. The zero-order chi connectivity index (χ0) is 13.7. The number of carbonyl (C=O) groups is 1. The number of aromatic amines is 1. The fourth-order valence-corrected chi connectivity index (χ4v) is 2.18. The summed E-state index contributed by atoms with van der Waals surface area (Å²) in [5, 5.41) is 11.5. The molecule has 0 atom stereocenters. The first kappa shape index (κ1) is 13.4. The van der Waals surface area contributed by atoms with Crippen LogP contribution in [0.25, 0.3) is 0 Å². The molecule has 0 aliphatic rings. The molecular weight excluding hydrogens is 306 g/mol. The monoisotopic (exact) mass is 317 g/mol. The number of amides is 1. The van der Waals surface area contributed by atoms with Gasteiger partial charge < -0.3 is 10.3 Å². The summed E-state index contributed by atoms with van der Waals surface area (Å²) in [5.41, 5.74) is 2.01. The summed E-state index contributed by atoms with van der Waals surface area (Å²) in [6, 6.07) is 11.4. The predicted molar refractivity (Wildman–Crippen MR) is 75.7 cm³/mol. The Bertz CT molecular complexity index is 628. The fourth-order valence-electron chi connectivity index (χ4n) is 1.70. The second kappa shape index (κ2) is 6.21. The molecule has 1 heterocycles. The van der Waals surface area contributed by atoms with Crippen molar-refractivity contribution in [1.29, 1.82) is 5.26 Å². The van der Waals surface area contributed by atoms with Crippen LogP contribution < -0.4 is 5.32 Å². The first-order valence-electron chi connectivity index (χ1n) is 5.81. The maximum atomic E-state index is 11.8. The van der Waals surface area contributed by atoms with Crippen LogP contribution in [0.5, 0.6) is 0 Å². The van der Waals surface area contributed by atoms with Gasteiger partial charge in [-0.2, -0.15) is 5.26 Å². The van der Waals surface area contributed by atoms with E-state index in [0.717, 1.165) is 16.5 Å². The first-order valence-corrected chi connectivity index (χ1v) is 6.60. The number of H-pyrrole nitrogens is 1. The summed E-state index contributed by atoms with van der Waals surface area (Å²) < 4.78 is 1.04. The lowest BCUT2D eigenvalue weighted by Crippen LogP contribution is -2.26. The fraction of sp³-hybridized carbons (Fsp3) is 0.143. The third-order valence-electron chi connectivity index (χ3n) is 2.69. The van der Waals surface area contributed by atoms with Crippen molar-refractivity contribution in [2.75, 3.05) is 6.54 Å². The number of hydrogen-bond acceptors (Lipinski definition) is 2. The van der Waals surface area contributed by atoms with Crippen LogP contribution in [-0.2, 0) is 6.42 Å². The molecule has 0 spiro atoms. The molecule has 2 N–H and O–H groups in total. The number of carbonyl (C=O) groups excluding carboxylic acids is 1. The number of nitriles is 1. The number of benzene rings is 1. The van der Waals surface area contributed by atoms with E-state index in [4.69, 9.17) is 5.26 Å². The summed E-state index contributed by atoms with van der Waals surface area (Å²) in [5.74, 6) is -0.200. The van der Waals surface area contributed by atoms with Gasteiger partial charge in [0.15, 0.2) is 0 Å². The van der Waals surface area contributed by atoms with Crippen LogP contribution in [0, 0.1) is 11.3 Å². The second-order valence-corrected chi connectivity index (χ2v) is 4.87. The molecule has 0 saturated carbocycles. The van der Waals surface area contributed by atoms with E-state index in [9.17, 15) is 4.79 Å². The van der Waals surface area contributed by atoms with Gasteiger partial charge in [-0.1, -0.05) is 34.1 Å². The number of rotatable bonds is 4. The molecule has 19 heavy (non-hydrogen) atoms. The average Bonchev–Trinajstić information content (AvgIpc) is 2.90. The van der Waals surface area contributed by atoms with Gasteiger partial charge in [0.2, 0.25) is 0 Å². The molecule has 2 aromatic rings. The molecule has 0 aliphatic heterocycles. The number of hydrogen-bond donors (Lipinski definition) is 2. The van der Waals surface area contributed by atoms with Crippen molar-refractivity contribution in [1.82, 2.24) is 10.3 Å². The zero-order valence-corrected chi connectivity index (χ0v) is 11.7. The molecule has 0 aliphatic carbocycles. The molecule has 0 radical (unpaired) electrons. The Hall–Kier alpha value is -2.06. The van der Waals surface area contributed by atoms with Gasteiger partial charge in [-0.05, 0) is 24.1 Å². The van der Waals surface area contributed by atoms with E-state index in [2.05, 4.69) is 26.2 Å². The van der Waals surface area contributed by atoms with E-state index in [1.165, 1.54) is 12.3 Å². The van der Waals surface area contributed by atoms with Gasteiger partial charge in [-0.25, -0.2) is 0 Å². The molecule has 96 valence electrons. The Kier molecular flexibility index (Phi) is 4.37. The minimum atomic E-state index is -0.200. The van der Waals surface area contributed by atoms with Crippen LogP contribution >= 0.6 is 15.9 Å². The highest BCUT2D eigenvalue weighted by Crippen LogP contribution is 2.15. The van der Waals surface area contributed by atoms with Crippen LogP contribution in [0.3, 0.4) is 0 Å². The van der Waals surface area contributed by atoms with Crippen LogP contribution in [0.2, 0.25) is 0 Å². The zero-order valence-electron chi connectivity index (χ0n) is 10.1. The van der Waals surface area contributed by atoms with E-state index in [1.54, 1.807) is 0 Å². The van der Waals surface area contributed by atoms with Crippen LogP contribution in [0.4, 0.5) is 0 Å². The number of aromatic nitrogens is 1. The largest absolute Gasteiger partial charge is 0.356 e. The highest BCUT2D eigenvalue weighted by Gasteiger charge is 2.08. The van der Waals surface area contributed by atoms with E-state index < -0.39 is 0 Å². The third-order valence-corrected chi connectivity index (χ3v) is 3.47. The van der Waals surface area contributed by atoms with Gasteiger partial charge >= 0.3 is 0 Å². The van der Waals surface area contributed by atoms with Crippen molar-refractivity contribution < 1.29 is 4.79 Å². The van der Waals surface area contributed by atoms with Crippen molar-refractivity contribution in [2.45, 2.75) is 6.42 Å². The Balaban J connectivity index is 1.88. The second-order valence-electron chi connectivity index (χ2n) is 4.01. The maximum absolute atomic E-state index is 11.8. The maximum Gasteiger partial charge on any atom is 0.267 e. The van der Waals surface area contributed by atoms with Crippen LogP contribution in [-0.4, -0.2) is 17.4 Å². The van der Waals surface area contributed by atoms with E-state index >= 15 is 0 Å². The van der Waals surface area contributed by atoms with Crippen molar-refractivity contribution in [2.24, 2.45) is 0 Å². The first-order chi connectivity index (χ1) is 9.20. The standard InChI is InChI=1S/C14H12BrN3O/c15-12-4-2-1-3-11(12)5-6-17-14(19)13-7-10(8-16)9-18-13/h1-4,7,9,18H,5-6H2,(H,17,19). The molecule has 0 saturated heterocycles. The molecule has 0 unspecified atom stereocenters. The normalized spacial score (nSPS) is 9.89. The van der Waals surface area contributed by atoms with Crippen LogP contribution in [0.1, 0.15) is 21.6 Å². The summed E-state index contributed by atoms with van der Waals surface area (Å²) in [6.45, 7) is 0.544. The van der Waals surface area contributed by atoms with E-state index in [1.807, 2.05) is 30.3 Å². The lowest BCUT2D eigenvalue weighted by atomic mass is 10.1. The van der Waals surface area contributed by atoms with Crippen LogP contribution in [0.15, 0.2) is 41.0 Å². The Morgan fingerprint density at radius 1 is 1.42 bits per heavy atom. The molecule has 1 aromatic heterocycles. The highest BCUT2D eigenvalue weighted by molar-refractivity contribution is 9.10. The molecule has 0 fully saturated rings. The topological polar surface area (TPSA) is 68.7 Å². The third kappa shape index (κ3) is 3.46. The lowest BCUT2D eigenvalue weighted by Gasteiger charge is -2.05. The summed E-state index contributed by atoms with van der Waals surface area (Å²) >= 11 is 3.47. The van der Waals surface area contributed by atoms with Gasteiger partial charge in [0, 0.05) is 17.2 Å². The Labute approximate surface area is 119 Å². The molecule has 0 bridgehead atoms. The summed E-state index contributed by atoms with van der Waals surface area (Å²) in [6.07, 6.45) is 2.27. The van der Waals surface area contributed by atoms with Crippen molar-refractivity contribution in [3.63, 3.8) is 0 Å². The minimum absolute atomic E-state index is 0.200. The summed E-state index contributed by atoms with van der Waals surface area (Å²) in [7, 11) is 0. The lowest BCUT2D eigenvalue weighted by molar-refractivity contribution is 0.0950. The quantitative estimate of drug-likeness (QED) is 0.910. The molecule has 2 rings (SSSR count). The SMILES string of the molecule is N#Cc1c[nH]c(C(=O)NCCc2ccccc2Br)c1. The van der Waals surface area contributed by atoms with Gasteiger partial charge in [0.05, 0.1) is 5.56 Å². The predicted octanol–water partition coefficient (Wildman–Crippen LogP) is 2.62. The number of halogens is 1. The van der Waals surface area contributed by atoms with Crippen molar-refractivity contribution in [3.05, 3.63) is 57.8 Å². The van der Waals surface area contributed by atoms with Crippen molar-refractivity contribution >= 4 is 21.8 Å². The Morgan fingerprint density at radius 2 is 2.21 bits per heavy atom. The highest BCUT2D eigenvalue weighted by atomic mass is 79.9. The molecule has 1 amide bonds. The van der Waals surface area contributed by atoms with Gasteiger partial charge in [0.1, 0.15) is 11.8 Å². The van der Waals surface area contributed by atoms with Gasteiger partial charge in [-0.15, -0.1) is 0 Å². The average molecular weight is 318 g/mol. The summed E-state index contributed by atoms with van der Waals surface area (Å²) in [4.78, 5) is 14.6. The smallest absolute Gasteiger partial charge is 0.267 e. The molecule has 4 nitrogen and oxygen atoms in total. The van der Waals surface area contributed by atoms with Gasteiger partial charge in [-0.3, -0.25) is 4.79 Å². The molecular formula is C14H12BrN3O. The van der Waals surface area contributed by atoms with Crippen molar-refractivity contribution in [3.8, 4) is 6.07 Å². The van der Waals surface area contributed by atoms with E-state index in [-0.39, 0.29) is 5.91 Å². The Morgan fingerprint density at radius 3 is 2.89 bits per heavy atom.